The molecular formula is C21H18ClN3O6. The molecule has 0 radical (unpaired) electrons. The Morgan fingerprint density at radius 1 is 1.00 bits per heavy atom. The average Bonchev–Trinajstić information content (AvgIpc) is 2.72. The van der Waals surface area contributed by atoms with Gasteiger partial charge in [0.15, 0.2) is 18.1 Å². The highest BCUT2D eigenvalue weighted by Crippen LogP contribution is 2.29. The van der Waals surface area contributed by atoms with Crippen LogP contribution in [0.15, 0.2) is 48.0 Å². The Hall–Kier alpha value is -3.85. The summed E-state index contributed by atoms with van der Waals surface area (Å²) in [5.41, 5.74) is 0.821. The zero-order valence-corrected chi connectivity index (χ0v) is 17.1. The summed E-state index contributed by atoms with van der Waals surface area (Å²) < 4.78 is 11.1. The number of ether oxygens (including phenoxy) is 2. The van der Waals surface area contributed by atoms with Crippen LogP contribution in [0.4, 0.5) is 10.5 Å². The number of urea groups is 1. The molecule has 9 nitrogen and oxygen atoms in total. The molecule has 1 saturated heterocycles. The van der Waals surface area contributed by atoms with Crippen LogP contribution in [0.2, 0.25) is 5.02 Å². The second-order valence-corrected chi connectivity index (χ2v) is 6.71. The van der Waals surface area contributed by atoms with Crippen molar-refractivity contribution in [1.82, 2.24) is 10.6 Å². The third-order valence-electron chi connectivity index (χ3n) is 4.01. The first-order valence-corrected chi connectivity index (χ1v) is 9.57. The Balaban J connectivity index is 1.71. The molecule has 0 unspecified atom stereocenters. The molecule has 1 aliphatic rings. The average molecular weight is 444 g/mol. The van der Waals surface area contributed by atoms with Gasteiger partial charge in [-0.25, -0.2) is 4.79 Å². The van der Waals surface area contributed by atoms with Crippen LogP contribution in [0.1, 0.15) is 12.5 Å². The maximum atomic E-state index is 12.1. The van der Waals surface area contributed by atoms with E-state index in [4.69, 9.17) is 21.1 Å². The number of halogens is 1. The molecule has 10 heteroatoms. The molecule has 0 aromatic heterocycles. The molecule has 160 valence electrons. The number of hydrogen-bond donors (Lipinski definition) is 3. The fraction of sp³-hybridized carbons (Fsp3) is 0.143. The number of imide groups is 2. The van der Waals surface area contributed by atoms with Gasteiger partial charge in [0.05, 0.1) is 6.61 Å². The zero-order valence-electron chi connectivity index (χ0n) is 16.4. The molecule has 0 saturated carbocycles. The molecule has 31 heavy (non-hydrogen) atoms. The number of anilines is 1. The first kappa shape index (κ1) is 21.8. The summed E-state index contributed by atoms with van der Waals surface area (Å²) in [5.74, 6) is -1.35. The van der Waals surface area contributed by atoms with Gasteiger partial charge in [-0.2, -0.15) is 0 Å². The SMILES string of the molecule is CCOc1cc(C=C2C(=O)NC(=O)NC2=O)ccc1OCC(=O)Nc1ccc(Cl)cc1. The van der Waals surface area contributed by atoms with E-state index < -0.39 is 17.8 Å². The molecule has 3 rings (SSSR count). The fourth-order valence-corrected chi connectivity index (χ4v) is 2.77. The van der Waals surface area contributed by atoms with Crippen molar-refractivity contribution in [2.75, 3.05) is 18.5 Å². The highest BCUT2D eigenvalue weighted by molar-refractivity contribution is 6.31. The predicted molar refractivity (Wildman–Crippen MR) is 113 cm³/mol. The van der Waals surface area contributed by atoms with Crippen LogP contribution in [0.25, 0.3) is 6.08 Å². The van der Waals surface area contributed by atoms with Crippen LogP contribution >= 0.6 is 11.6 Å². The van der Waals surface area contributed by atoms with Gasteiger partial charge in [-0.15, -0.1) is 0 Å². The largest absolute Gasteiger partial charge is 0.490 e. The molecule has 1 fully saturated rings. The second-order valence-electron chi connectivity index (χ2n) is 6.28. The van der Waals surface area contributed by atoms with Crippen molar-refractivity contribution in [3.05, 3.63) is 58.6 Å². The molecule has 1 heterocycles. The summed E-state index contributed by atoms with van der Waals surface area (Å²) in [5, 5.41) is 7.24. The summed E-state index contributed by atoms with van der Waals surface area (Å²) in [6, 6.07) is 10.5. The van der Waals surface area contributed by atoms with E-state index in [9.17, 15) is 19.2 Å². The van der Waals surface area contributed by atoms with Crippen molar-refractivity contribution in [1.29, 1.82) is 0 Å². The number of carbonyl (C=O) groups excluding carboxylic acids is 4. The maximum absolute atomic E-state index is 12.1. The lowest BCUT2D eigenvalue weighted by molar-refractivity contribution is -0.124. The van der Waals surface area contributed by atoms with Crippen molar-refractivity contribution in [2.24, 2.45) is 0 Å². The van der Waals surface area contributed by atoms with Gasteiger partial charge in [0.1, 0.15) is 5.57 Å². The lowest BCUT2D eigenvalue weighted by Gasteiger charge is -2.15. The lowest BCUT2D eigenvalue weighted by atomic mass is 10.1. The van der Waals surface area contributed by atoms with Crippen LogP contribution in [-0.2, 0) is 14.4 Å². The Kier molecular flexibility index (Phi) is 6.88. The molecule has 2 aromatic rings. The second kappa shape index (κ2) is 9.77. The van der Waals surface area contributed by atoms with Crippen LogP contribution in [0.5, 0.6) is 11.5 Å². The van der Waals surface area contributed by atoms with E-state index in [2.05, 4.69) is 5.32 Å². The summed E-state index contributed by atoms with van der Waals surface area (Å²) in [7, 11) is 0. The summed E-state index contributed by atoms with van der Waals surface area (Å²) in [4.78, 5) is 47.0. The number of amides is 5. The first-order chi connectivity index (χ1) is 14.9. The summed E-state index contributed by atoms with van der Waals surface area (Å²) >= 11 is 5.82. The normalized spacial score (nSPS) is 13.2. The Labute approximate surface area is 182 Å². The number of nitrogens with one attached hydrogen (secondary N) is 3. The minimum atomic E-state index is -0.872. The summed E-state index contributed by atoms with van der Waals surface area (Å²) in [6.07, 6.45) is 1.32. The van der Waals surface area contributed by atoms with E-state index in [1.54, 1.807) is 49.4 Å². The van der Waals surface area contributed by atoms with Crippen LogP contribution in [0.3, 0.4) is 0 Å². The molecule has 0 aliphatic carbocycles. The third kappa shape index (κ3) is 5.83. The molecule has 0 bridgehead atoms. The Morgan fingerprint density at radius 2 is 1.68 bits per heavy atom. The third-order valence-corrected chi connectivity index (χ3v) is 4.26. The van der Waals surface area contributed by atoms with Crippen LogP contribution in [0, 0.1) is 0 Å². The van der Waals surface area contributed by atoms with Crippen molar-refractivity contribution >= 4 is 47.1 Å². The van der Waals surface area contributed by atoms with Gasteiger partial charge in [-0.1, -0.05) is 17.7 Å². The number of hydrogen-bond acceptors (Lipinski definition) is 6. The van der Waals surface area contributed by atoms with Crippen molar-refractivity contribution in [3.63, 3.8) is 0 Å². The fourth-order valence-electron chi connectivity index (χ4n) is 2.65. The Morgan fingerprint density at radius 3 is 2.32 bits per heavy atom. The number of carbonyl (C=O) groups is 4. The topological polar surface area (TPSA) is 123 Å². The van der Waals surface area contributed by atoms with Crippen LogP contribution in [-0.4, -0.2) is 37.0 Å². The van der Waals surface area contributed by atoms with Gasteiger partial charge >= 0.3 is 6.03 Å². The predicted octanol–water partition coefficient (Wildman–Crippen LogP) is 2.51. The van der Waals surface area contributed by atoms with Crippen molar-refractivity contribution in [3.8, 4) is 11.5 Å². The van der Waals surface area contributed by atoms with Gasteiger partial charge in [-0.3, -0.25) is 25.0 Å². The van der Waals surface area contributed by atoms with Crippen molar-refractivity contribution in [2.45, 2.75) is 6.92 Å². The zero-order chi connectivity index (χ0) is 22.4. The molecule has 5 amide bonds. The minimum Gasteiger partial charge on any atom is -0.490 e. The van der Waals surface area contributed by atoms with Crippen LogP contribution < -0.4 is 25.4 Å². The smallest absolute Gasteiger partial charge is 0.328 e. The Bertz CT molecular complexity index is 1040. The van der Waals surface area contributed by atoms with E-state index in [1.807, 2.05) is 10.6 Å². The molecule has 0 atom stereocenters. The van der Waals surface area contributed by atoms with E-state index in [0.29, 0.717) is 34.4 Å². The van der Waals surface area contributed by atoms with Gasteiger partial charge < -0.3 is 14.8 Å². The molecule has 1 aliphatic heterocycles. The quantitative estimate of drug-likeness (QED) is 0.446. The van der Waals surface area contributed by atoms with E-state index >= 15 is 0 Å². The van der Waals surface area contributed by atoms with Gasteiger partial charge in [-0.05, 0) is 55.0 Å². The van der Waals surface area contributed by atoms with Gasteiger partial charge in [0.2, 0.25) is 0 Å². The summed E-state index contributed by atoms with van der Waals surface area (Å²) in [6.45, 7) is 1.83. The highest BCUT2D eigenvalue weighted by atomic mass is 35.5. The minimum absolute atomic E-state index is 0.224. The van der Waals surface area contributed by atoms with Gasteiger partial charge in [0.25, 0.3) is 17.7 Å². The highest BCUT2D eigenvalue weighted by Gasteiger charge is 2.27. The number of benzene rings is 2. The van der Waals surface area contributed by atoms with E-state index in [-0.39, 0.29) is 18.1 Å². The number of rotatable bonds is 7. The van der Waals surface area contributed by atoms with E-state index in [1.165, 1.54) is 6.08 Å². The monoisotopic (exact) mass is 443 g/mol. The van der Waals surface area contributed by atoms with Gasteiger partial charge in [0, 0.05) is 10.7 Å². The van der Waals surface area contributed by atoms with E-state index in [0.717, 1.165) is 0 Å². The standard InChI is InChI=1S/C21H18ClN3O6/c1-2-30-17-10-12(9-15-19(27)24-21(29)25-20(15)28)3-8-16(17)31-11-18(26)23-14-6-4-13(22)5-7-14/h3-10H,2,11H2,1H3,(H,23,26)(H2,24,25,27,28,29). The molecule has 3 N–H and O–H groups in total. The molecular weight excluding hydrogens is 426 g/mol. The maximum Gasteiger partial charge on any atom is 0.328 e. The molecule has 2 aromatic carbocycles. The molecule has 0 spiro atoms. The number of barbiturate groups is 1. The first-order valence-electron chi connectivity index (χ1n) is 9.19. The lowest BCUT2D eigenvalue weighted by Crippen LogP contribution is -2.51. The van der Waals surface area contributed by atoms with Crippen molar-refractivity contribution < 1.29 is 28.7 Å².